The summed E-state index contributed by atoms with van der Waals surface area (Å²) in [5.41, 5.74) is 0. The molecule has 1 N–H and O–H groups in total. The Morgan fingerprint density at radius 3 is 2.80 bits per heavy atom. The van der Waals surface area contributed by atoms with E-state index in [0.29, 0.717) is 13.0 Å². The van der Waals surface area contributed by atoms with Crippen molar-refractivity contribution in [2.45, 2.75) is 25.8 Å². The van der Waals surface area contributed by atoms with Gasteiger partial charge < -0.3 is 14.8 Å². The van der Waals surface area contributed by atoms with Gasteiger partial charge in [0.15, 0.2) is 11.6 Å². The van der Waals surface area contributed by atoms with E-state index in [1.165, 1.54) is 7.11 Å². The molecule has 0 bridgehead atoms. The lowest BCUT2D eigenvalue weighted by Gasteiger charge is -2.16. The fraction of sp³-hybridized carbons (Fsp3) is 0.500. The molecule has 1 aromatic rings. The van der Waals surface area contributed by atoms with Crippen LogP contribution >= 0.6 is 0 Å². The first-order valence-electron chi connectivity index (χ1n) is 6.47. The Labute approximate surface area is 117 Å². The number of halogens is 2. The van der Waals surface area contributed by atoms with Crippen molar-refractivity contribution in [3.05, 3.63) is 29.8 Å². The predicted octanol–water partition coefficient (Wildman–Crippen LogP) is 2.27. The molecule has 0 aliphatic carbocycles. The van der Waals surface area contributed by atoms with Gasteiger partial charge in [-0.15, -0.1) is 0 Å². The second-order valence-corrected chi connectivity index (χ2v) is 4.24. The van der Waals surface area contributed by atoms with Crippen molar-refractivity contribution in [1.29, 1.82) is 0 Å². The van der Waals surface area contributed by atoms with Crippen LogP contribution in [0.25, 0.3) is 0 Å². The quantitative estimate of drug-likeness (QED) is 0.745. The molecule has 6 heteroatoms. The summed E-state index contributed by atoms with van der Waals surface area (Å²) in [4.78, 5) is 11.5. The van der Waals surface area contributed by atoms with Crippen LogP contribution < -0.4 is 10.1 Å². The molecule has 0 aliphatic heterocycles. The molecular weight excluding hydrogens is 268 g/mol. The summed E-state index contributed by atoms with van der Waals surface area (Å²) < 4.78 is 36.1. The summed E-state index contributed by atoms with van der Waals surface area (Å²) in [6.45, 7) is 2.71. The zero-order valence-corrected chi connectivity index (χ0v) is 11.6. The zero-order valence-electron chi connectivity index (χ0n) is 11.6. The molecular formula is C14H19F2NO3. The van der Waals surface area contributed by atoms with Crippen LogP contribution in [0.1, 0.15) is 19.8 Å². The fourth-order valence-corrected chi connectivity index (χ4v) is 1.64. The molecule has 0 spiro atoms. The molecule has 4 nitrogen and oxygen atoms in total. The number of benzene rings is 1. The minimum Gasteiger partial charge on any atom is -0.490 e. The van der Waals surface area contributed by atoms with Crippen molar-refractivity contribution in [3.8, 4) is 5.75 Å². The van der Waals surface area contributed by atoms with Crippen molar-refractivity contribution in [2.24, 2.45) is 0 Å². The summed E-state index contributed by atoms with van der Waals surface area (Å²) in [6.07, 6.45) is 1.18. The van der Waals surface area contributed by atoms with E-state index in [1.54, 1.807) is 0 Å². The van der Waals surface area contributed by atoms with Gasteiger partial charge in [0, 0.05) is 12.5 Å². The molecule has 0 radical (unpaired) electrons. The minimum absolute atomic E-state index is 0.0802. The standard InChI is InChI=1S/C14H19F2NO3/c1-3-7-17-12(14(18)19-2)6-8-20-13-9-10(15)4-5-11(13)16/h4-5,9,12,17H,3,6-8H2,1-2H3. The molecule has 0 fully saturated rings. The number of rotatable bonds is 8. The fourth-order valence-electron chi connectivity index (χ4n) is 1.64. The number of carbonyl (C=O) groups is 1. The number of carbonyl (C=O) groups excluding carboxylic acids is 1. The van der Waals surface area contributed by atoms with Gasteiger partial charge in [-0.1, -0.05) is 6.92 Å². The van der Waals surface area contributed by atoms with Crippen molar-refractivity contribution < 1.29 is 23.0 Å². The van der Waals surface area contributed by atoms with Crippen LogP contribution in [0.5, 0.6) is 5.75 Å². The Morgan fingerprint density at radius 2 is 2.15 bits per heavy atom. The number of ether oxygens (including phenoxy) is 2. The van der Waals surface area contributed by atoms with Crippen LogP contribution in [0.4, 0.5) is 8.78 Å². The highest BCUT2D eigenvalue weighted by molar-refractivity contribution is 5.75. The Morgan fingerprint density at radius 1 is 1.40 bits per heavy atom. The van der Waals surface area contributed by atoms with Crippen molar-refractivity contribution >= 4 is 5.97 Å². The number of esters is 1. The number of hydrogen-bond acceptors (Lipinski definition) is 4. The average Bonchev–Trinajstić information content (AvgIpc) is 2.45. The first-order valence-corrected chi connectivity index (χ1v) is 6.47. The van der Waals surface area contributed by atoms with E-state index in [4.69, 9.17) is 4.74 Å². The maximum atomic E-state index is 13.3. The summed E-state index contributed by atoms with van der Waals surface area (Å²) in [5, 5.41) is 3.01. The molecule has 0 saturated carbocycles. The first-order chi connectivity index (χ1) is 9.58. The maximum Gasteiger partial charge on any atom is 0.322 e. The normalized spacial score (nSPS) is 12.0. The topological polar surface area (TPSA) is 47.6 Å². The highest BCUT2D eigenvalue weighted by atomic mass is 19.1. The lowest BCUT2D eigenvalue weighted by Crippen LogP contribution is -2.39. The van der Waals surface area contributed by atoms with E-state index < -0.39 is 23.6 Å². The van der Waals surface area contributed by atoms with E-state index in [1.807, 2.05) is 6.92 Å². The van der Waals surface area contributed by atoms with Gasteiger partial charge in [-0.05, 0) is 25.1 Å². The van der Waals surface area contributed by atoms with Crippen LogP contribution in [-0.2, 0) is 9.53 Å². The highest BCUT2D eigenvalue weighted by Gasteiger charge is 2.18. The second-order valence-electron chi connectivity index (χ2n) is 4.24. The molecule has 0 heterocycles. The molecule has 0 aliphatic rings. The van der Waals surface area contributed by atoms with Gasteiger partial charge in [0.1, 0.15) is 11.9 Å². The monoisotopic (exact) mass is 287 g/mol. The third kappa shape index (κ3) is 5.13. The predicted molar refractivity (Wildman–Crippen MR) is 70.6 cm³/mol. The molecule has 20 heavy (non-hydrogen) atoms. The Balaban J connectivity index is 2.50. The molecule has 1 atom stereocenters. The molecule has 0 amide bonds. The van der Waals surface area contributed by atoms with E-state index in [-0.39, 0.29) is 12.4 Å². The SMILES string of the molecule is CCCNC(CCOc1cc(F)ccc1F)C(=O)OC. The zero-order chi connectivity index (χ0) is 15.0. The van der Waals surface area contributed by atoms with Crippen LogP contribution in [0.3, 0.4) is 0 Å². The largest absolute Gasteiger partial charge is 0.490 e. The van der Waals surface area contributed by atoms with Gasteiger partial charge in [-0.2, -0.15) is 0 Å². The van der Waals surface area contributed by atoms with Crippen LogP contribution in [0, 0.1) is 11.6 Å². The maximum absolute atomic E-state index is 13.3. The molecule has 1 unspecified atom stereocenters. The Bertz CT molecular complexity index is 440. The van der Waals surface area contributed by atoms with Gasteiger partial charge in [-0.3, -0.25) is 4.79 Å². The summed E-state index contributed by atoms with van der Waals surface area (Å²) in [6, 6.07) is 2.47. The van der Waals surface area contributed by atoms with Crippen molar-refractivity contribution in [1.82, 2.24) is 5.32 Å². The van der Waals surface area contributed by atoms with Gasteiger partial charge >= 0.3 is 5.97 Å². The molecule has 1 aromatic carbocycles. The second kappa shape index (κ2) is 8.47. The Hall–Kier alpha value is -1.69. The van der Waals surface area contributed by atoms with E-state index >= 15 is 0 Å². The van der Waals surface area contributed by atoms with Crippen molar-refractivity contribution in [3.63, 3.8) is 0 Å². The smallest absolute Gasteiger partial charge is 0.322 e. The highest BCUT2D eigenvalue weighted by Crippen LogP contribution is 2.18. The van der Waals surface area contributed by atoms with Gasteiger partial charge in [-0.25, -0.2) is 8.78 Å². The lowest BCUT2D eigenvalue weighted by molar-refractivity contribution is -0.143. The third-order valence-corrected chi connectivity index (χ3v) is 2.68. The van der Waals surface area contributed by atoms with E-state index in [0.717, 1.165) is 24.6 Å². The molecule has 0 saturated heterocycles. The molecule has 112 valence electrons. The average molecular weight is 287 g/mol. The number of methoxy groups -OCH3 is 1. The number of nitrogens with one attached hydrogen (secondary N) is 1. The lowest BCUT2D eigenvalue weighted by atomic mass is 10.2. The summed E-state index contributed by atoms with van der Waals surface area (Å²) in [7, 11) is 1.30. The van der Waals surface area contributed by atoms with Gasteiger partial charge in [0.2, 0.25) is 0 Å². The van der Waals surface area contributed by atoms with Gasteiger partial charge in [0.25, 0.3) is 0 Å². The van der Waals surface area contributed by atoms with Crippen LogP contribution in [-0.4, -0.2) is 32.3 Å². The third-order valence-electron chi connectivity index (χ3n) is 2.68. The first kappa shape index (κ1) is 16.4. The summed E-state index contributed by atoms with van der Waals surface area (Å²) >= 11 is 0. The summed E-state index contributed by atoms with van der Waals surface area (Å²) in [5.74, 6) is -1.77. The van der Waals surface area contributed by atoms with E-state index in [2.05, 4.69) is 10.1 Å². The molecule has 1 rings (SSSR count). The molecule has 0 aromatic heterocycles. The van der Waals surface area contributed by atoms with Crippen LogP contribution in [0.2, 0.25) is 0 Å². The van der Waals surface area contributed by atoms with Crippen molar-refractivity contribution in [2.75, 3.05) is 20.3 Å². The van der Waals surface area contributed by atoms with Gasteiger partial charge in [0.05, 0.1) is 13.7 Å². The van der Waals surface area contributed by atoms with Crippen LogP contribution in [0.15, 0.2) is 18.2 Å². The van der Waals surface area contributed by atoms with E-state index in [9.17, 15) is 13.6 Å². The minimum atomic E-state index is -0.637. The Kier molecular flexibility index (Phi) is 6.93. The number of hydrogen-bond donors (Lipinski definition) is 1.